The lowest BCUT2D eigenvalue weighted by Crippen LogP contribution is -2.24. The Labute approximate surface area is 81.2 Å². The van der Waals surface area contributed by atoms with Gasteiger partial charge in [0.2, 0.25) is 5.91 Å². The van der Waals surface area contributed by atoms with Gasteiger partial charge in [-0.3, -0.25) is 4.79 Å². The summed E-state index contributed by atoms with van der Waals surface area (Å²) in [5.41, 5.74) is 0.447. The molecule has 1 amide bonds. The van der Waals surface area contributed by atoms with Crippen molar-refractivity contribution in [2.45, 2.75) is 13.0 Å². The zero-order valence-corrected chi connectivity index (χ0v) is 7.62. The van der Waals surface area contributed by atoms with Gasteiger partial charge in [-0.05, 0) is 17.7 Å². The maximum absolute atomic E-state index is 12.8. The van der Waals surface area contributed by atoms with Crippen LogP contribution in [0.1, 0.15) is 18.5 Å². The number of carbonyl (C=O) groups is 1. The van der Waals surface area contributed by atoms with Crippen LogP contribution in [0.15, 0.2) is 24.3 Å². The van der Waals surface area contributed by atoms with E-state index in [1.807, 2.05) is 6.07 Å². The topological polar surface area (TPSA) is 52.9 Å². The van der Waals surface area contributed by atoms with Crippen LogP contribution in [0.2, 0.25) is 0 Å². The third kappa shape index (κ3) is 2.56. The first-order valence-electron chi connectivity index (χ1n) is 4.05. The number of amides is 1. The van der Waals surface area contributed by atoms with Gasteiger partial charge in [-0.1, -0.05) is 12.1 Å². The Hall–Kier alpha value is -1.89. The highest BCUT2D eigenvalue weighted by molar-refractivity contribution is 5.73. The zero-order valence-electron chi connectivity index (χ0n) is 7.62. The van der Waals surface area contributed by atoms with Crippen molar-refractivity contribution in [3.63, 3.8) is 0 Å². The second kappa shape index (κ2) is 4.38. The average molecular weight is 192 g/mol. The van der Waals surface area contributed by atoms with Crippen molar-refractivity contribution in [3.8, 4) is 6.07 Å². The molecule has 0 bridgehead atoms. The normalized spacial score (nSPS) is 11.5. The van der Waals surface area contributed by atoms with Gasteiger partial charge >= 0.3 is 0 Å². The summed E-state index contributed by atoms with van der Waals surface area (Å²) >= 11 is 0. The molecule has 4 heteroatoms. The number of hydrogen-bond donors (Lipinski definition) is 1. The van der Waals surface area contributed by atoms with Gasteiger partial charge in [0, 0.05) is 6.92 Å². The highest BCUT2D eigenvalue weighted by Gasteiger charge is 2.11. The zero-order chi connectivity index (χ0) is 10.6. The van der Waals surface area contributed by atoms with Crippen molar-refractivity contribution in [3.05, 3.63) is 35.6 Å². The third-order valence-corrected chi connectivity index (χ3v) is 1.66. The molecule has 0 saturated carbocycles. The van der Waals surface area contributed by atoms with E-state index >= 15 is 0 Å². The summed E-state index contributed by atoms with van der Waals surface area (Å²) in [6.07, 6.45) is 0. The van der Waals surface area contributed by atoms with Crippen LogP contribution in [-0.2, 0) is 4.79 Å². The van der Waals surface area contributed by atoms with Crippen LogP contribution in [-0.4, -0.2) is 5.91 Å². The number of carbonyl (C=O) groups excluding carboxylic acids is 1. The molecule has 0 spiro atoms. The molecule has 0 fully saturated rings. The second-order valence-corrected chi connectivity index (χ2v) is 2.82. The third-order valence-electron chi connectivity index (χ3n) is 1.66. The van der Waals surface area contributed by atoms with Crippen molar-refractivity contribution in [1.82, 2.24) is 5.32 Å². The van der Waals surface area contributed by atoms with E-state index in [2.05, 4.69) is 5.32 Å². The van der Waals surface area contributed by atoms with E-state index in [1.54, 1.807) is 6.07 Å². The van der Waals surface area contributed by atoms with E-state index in [1.165, 1.54) is 25.1 Å². The monoisotopic (exact) mass is 192 g/mol. The van der Waals surface area contributed by atoms with Gasteiger partial charge in [0.15, 0.2) is 0 Å². The van der Waals surface area contributed by atoms with Crippen LogP contribution in [0, 0.1) is 17.1 Å². The molecular weight excluding hydrogens is 183 g/mol. The number of nitriles is 1. The number of rotatable bonds is 2. The molecule has 72 valence electrons. The van der Waals surface area contributed by atoms with Crippen LogP contribution < -0.4 is 5.32 Å². The minimum Gasteiger partial charge on any atom is -0.337 e. The molecule has 0 aromatic heterocycles. The van der Waals surface area contributed by atoms with Gasteiger partial charge in [-0.25, -0.2) is 4.39 Å². The van der Waals surface area contributed by atoms with Gasteiger partial charge in [0.1, 0.15) is 11.9 Å². The first-order chi connectivity index (χ1) is 6.63. The molecule has 1 aromatic rings. The molecule has 14 heavy (non-hydrogen) atoms. The molecule has 0 radical (unpaired) electrons. The predicted molar refractivity (Wildman–Crippen MR) is 48.6 cm³/mol. The van der Waals surface area contributed by atoms with Crippen LogP contribution >= 0.6 is 0 Å². The number of nitrogens with zero attached hydrogens (tertiary/aromatic N) is 1. The Balaban J connectivity index is 2.90. The van der Waals surface area contributed by atoms with Crippen LogP contribution in [0.5, 0.6) is 0 Å². The van der Waals surface area contributed by atoms with Crippen LogP contribution in [0.3, 0.4) is 0 Å². The molecule has 0 heterocycles. The molecule has 0 aliphatic heterocycles. The Morgan fingerprint density at radius 1 is 1.64 bits per heavy atom. The summed E-state index contributed by atoms with van der Waals surface area (Å²) in [6, 6.07) is 6.69. The molecule has 1 N–H and O–H groups in total. The van der Waals surface area contributed by atoms with E-state index in [0.717, 1.165) is 0 Å². The fourth-order valence-electron chi connectivity index (χ4n) is 1.08. The standard InChI is InChI=1S/C10H9FN2O/c1-7(14)13-10(6-12)8-3-2-4-9(11)5-8/h2-5,10H,1H3,(H,13,14). The highest BCUT2D eigenvalue weighted by Crippen LogP contribution is 2.12. The summed E-state index contributed by atoms with van der Waals surface area (Å²) in [4.78, 5) is 10.7. The van der Waals surface area contributed by atoms with Crippen molar-refractivity contribution in [1.29, 1.82) is 5.26 Å². The average Bonchev–Trinajstić information content (AvgIpc) is 2.14. The molecule has 1 rings (SSSR count). The van der Waals surface area contributed by atoms with E-state index in [-0.39, 0.29) is 5.91 Å². The van der Waals surface area contributed by atoms with Crippen molar-refractivity contribution >= 4 is 5.91 Å². The van der Waals surface area contributed by atoms with Gasteiger partial charge in [-0.15, -0.1) is 0 Å². The molecule has 0 aliphatic rings. The molecule has 1 atom stereocenters. The summed E-state index contributed by atoms with van der Waals surface area (Å²) < 4.78 is 12.8. The van der Waals surface area contributed by atoms with Gasteiger partial charge < -0.3 is 5.32 Å². The van der Waals surface area contributed by atoms with E-state index in [4.69, 9.17) is 5.26 Å². The molecule has 0 aliphatic carbocycles. The minimum atomic E-state index is -0.789. The summed E-state index contributed by atoms with van der Waals surface area (Å²) in [5, 5.41) is 11.1. The smallest absolute Gasteiger partial charge is 0.218 e. The van der Waals surface area contributed by atoms with E-state index < -0.39 is 11.9 Å². The Morgan fingerprint density at radius 3 is 2.86 bits per heavy atom. The molecule has 3 nitrogen and oxygen atoms in total. The molecule has 1 unspecified atom stereocenters. The summed E-state index contributed by atoms with van der Waals surface area (Å²) in [6.45, 7) is 1.31. The number of hydrogen-bond acceptors (Lipinski definition) is 2. The lowest BCUT2D eigenvalue weighted by atomic mass is 10.1. The minimum absolute atomic E-state index is 0.319. The number of benzene rings is 1. The van der Waals surface area contributed by atoms with Crippen LogP contribution in [0.4, 0.5) is 4.39 Å². The number of halogens is 1. The molecular formula is C10H9FN2O. The molecule has 1 aromatic carbocycles. The SMILES string of the molecule is CC(=O)NC(C#N)c1cccc(F)c1. The van der Waals surface area contributed by atoms with Crippen molar-refractivity contribution in [2.24, 2.45) is 0 Å². The van der Waals surface area contributed by atoms with Gasteiger partial charge in [0.25, 0.3) is 0 Å². The quantitative estimate of drug-likeness (QED) is 0.772. The van der Waals surface area contributed by atoms with Gasteiger partial charge in [-0.2, -0.15) is 5.26 Å². The predicted octanol–water partition coefficient (Wildman–Crippen LogP) is 1.53. The van der Waals surface area contributed by atoms with Crippen molar-refractivity contribution in [2.75, 3.05) is 0 Å². The van der Waals surface area contributed by atoms with Crippen molar-refractivity contribution < 1.29 is 9.18 Å². The largest absolute Gasteiger partial charge is 0.337 e. The first kappa shape index (κ1) is 10.2. The Bertz CT molecular complexity index is 384. The fourth-order valence-corrected chi connectivity index (χ4v) is 1.08. The van der Waals surface area contributed by atoms with E-state index in [9.17, 15) is 9.18 Å². The fraction of sp³-hybridized carbons (Fsp3) is 0.200. The highest BCUT2D eigenvalue weighted by atomic mass is 19.1. The Morgan fingerprint density at radius 2 is 2.36 bits per heavy atom. The van der Waals surface area contributed by atoms with E-state index in [0.29, 0.717) is 5.56 Å². The summed E-state index contributed by atoms with van der Waals surface area (Å²) in [5.74, 6) is -0.742. The summed E-state index contributed by atoms with van der Waals surface area (Å²) in [7, 11) is 0. The second-order valence-electron chi connectivity index (χ2n) is 2.82. The maximum atomic E-state index is 12.8. The lowest BCUT2D eigenvalue weighted by Gasteiger charge is -2.09. The lowest BCUT2D eigenvalue weighted by molar-refractivity contribution is -0.119. The maximum Gasteiger partial charge on any atom is 0.218 e. The van der Waals surface area contributed by atoms with Gasteiger partial charge in [0.05, 0.1) is 6.07 Å². The molecule has 0 saturated heterocycles. The Kier molecular flexibility index (Phi) is 3.19. The van der Waals surface area contributed by atoms with Crippen LogP contribution in [0.25, 0.3) is 0 Å². The number of nitrogens with one attached hydrogen (secondary N) is 1. The first-order valence-corrected chi connectivity index (χ1v) is 4.05.